The highest BCUT2D eigenvalue weighted by Gasteiger charge is 2.08. The quantitative estimate of drug-likeness (QED) is 0.708. The van der Waals surface area contributed by atoms with E-state index in [-0.39, 0.29) is 5.43 Å². The average molecular weight is 243 g/mol. The van der Waals surface area contributed by atoms with Crippen molar-refractivity contribution in [3.63, 3.8) is 0 Å². The first kappa shape index (κ1) is 10.5. The van der Waals surface area contributed by atoms with E-state index in [4.69, 9.17) is 4.74 Å². The molecule has 0 spiro atoms. The Kier molecular flexibility index (Phi) is 2.30. The van der Waals surface area contributed by atoms with Crippen molar-refractivity contribution in [1.82, 2.24) is 25.0 Å². The summed E-state index contributed by atoms with van der Waals surface area (Å²) in [6, 6.07) is 4.82. The van der Waals surface area contributed by atoms with Gasteiger partial charge in [0.25, 0.3) is 0 Å². The Balaban J connectivity index is 2.19. The molecule has 3 rings (SSSR count). The Bertz CT molecular complexity index is 761. The van der Waals surface area contributed by atoms with E-state index in [1.54, 1.807) is 18.3 Å². The number of hydrogen-bond donors (Lipinski definition) is 1. The molecule has 0 fully saturated rings. The molecule has 0 radical (unpaired) electrons. The van der Waals surface area contributed by atoms with Crippen LogP contribution in [0.1, 0.15) is 0 Å². The molecule has 7 heteroatoms. The zero-order valence-corrected chi connectivity index (χ0v) is 9.49. The van der Waals surface area contributed by atoms with Gasteiger partial charge in [-0.15, -0.1) is 15.0 Å². The van der Waals surface area contributed by atoms with E-state index in [1.807, 2.05) is 0 Å². The summed E-state index contributed by atoms with van der Waals surface area (Å²) in [5, 5.41) is 8.32. The van der Waals surface area contributed by atoms with Gasteiger partial charge in [-0.25, -0.2) is 4.98 Å². The highest BCUT2D eigenvalue weighted by atomic mass is 16.5. The van der Waals surface area contributed by atoms with Crippen molar-refractivity contribution < 1.29 is 4.74 Å². The van der Waals surface area contributed by atoms with Crippen LogP contribution in [0.3, 0.4) is 0 Å². The summed E-state index contributed by atoms with van der Waals surface area (Å²) in [5.41, 5.74) is 1.24. The van der Waals surface area contributed by atoms with Crippen LogP contribution in [0.4, 0.5) is 0 Å². The smallest absolute Gasteiger partial charge is 0.215 e. The summed E-state index contributed by atoms with van der Waals surface area (Å²) >= 11 is 0. The molecular weight excluding hydrogens is 234 g/mol. The molecule has 7 nitrogen and oxygen atoms in total. The molecule has 0 aliphatic heterocycles. The van der Waals surface area contributed by atoms with Crippen LogP contribution in [-0.4, -0.2) is 32.1 Å². The number of rotatable bonds is 2. The monoisotopic (exact) mass is 243 g/mol. The van der Waals surface area contributed by atoms with Gasteiger partial charge in [0.15, 0.2) is 11.2 Å². The van der Waals surface area contributed by atoms with Crippen molar-refractivity contribution in [3.05, 3.63) is 40.8 Å². The lowest BCUT2D eigenvalue weighted by atomic mass is 10.4. The maximum Gasteiger partial charge on any atom is 0.215 e. The molecule has 90 valence electrons. The molecule has 18 heavy (non-hydrogen) atoms. The van der Waals surface area contributed by atoms with Gasteiger partial charge >= 0.3 is 0 Å². The predicted octanol–water partition coefficient (Wildman–Crippen LogP) is 0.512. The number of nitrogens with zero attached hydrogens (tertiary/aromatic N) is 4. The van der Waals surface area contributed by atoms with Gasteiger partial charge in [-0.3, -0.25) is 4.79 Å². The van der Waals surface area contributed by atoms with Gasteiger partial charge in [-0.2, -0.15) is 0 Å². The van der Waals surface area contributed by atoms with Gasteiger partial charge in [0, 0.05) is 24.5 Å². The number of nitrogens with one attached hydrogen (secondary N) is 1. The van der Waals surface area contributed by atoms with E-state index in [0.717, 1.165) is 0 Å². The van der Waals surface area contributed by atoms with E-state index in [0.29, 0.717) is 22.7 Å². The van der Waals surface area contributed by atoms with Gasteiger partial charge in [-0.1, -0.05) is 0 Å². The Morgan fingerprint density at radius 3 is 3.00 bits per heavy atom. The van der Waals surface area contributed by atoms with Crippen LogP contribution in [0.5, 0.6) is 5.88 Å². The summed E-state index contributed by atoms with van der Waals surface area (Å²) in [4.78, 5) is 19.8. The van der Waals surface area contributed by atoms with Crippen molar-refractivity contribution in [2.75, 3.05) is 7.11 Å². The number of hydrogen-bond acceptors (Lipinski definition) is 5. The third kappa shape index (κ3) is 1.61. The molecule has 0 saturated heterocycles. The SMILES string of the molecule is COc1cc(-n2nc3[nH]ccc(=O)c3n2)ccn1. The number of fused-ring (bicyclic) bond motifs is 1. The molecule has 0 unspecified atom stereocenters. The van der Waals surface area contributed by atoms with Crippen LogP contribution in [0.15, 0.2) is 35.4 Å². The number of aromatic amines is 1. The van der Waals surface area contributed by atoms with E-state index in [2.05, 4.69) is 20.2 Å². The van der Waals surface area contributed by atoms with E-state index < -0.39 is 0 Å². The van der Waals surface area contributed by atoms with Crippen LogP contribution in [0.2, 0.25) is 0 Å². The number of H-pyrrole nitrogens is 1. The minimum absolute atomic E-state index is 0.170. The highest BCUT2D eigenvalue weighted by Crippen LogP contribution is 2.12. The van der Waals surface area contributed by atoms with Gasteiger partial charge in [0.1, 0.15) is 0 Å². The Labute approximate surface area is 101 Å². The zero-order chi connectivity index (χ0) is 12.5. The summed E-state index contributed by atoms with van der Waals surface area (Å²) in [6.07, 6.45) is 3.13. The molecule has 0 aliphatic carbocycles. The van der Waals surface area contributed by atoms with Crippen LogP contribution >= 0.6 is 0 Å². The van der Waals surface area contributed by atoms with Crippen molar-refractivity contribution in [1.29, 1.82) is 0 Å². The van der Waals surface area contributed by atoms with E-state index >= 15 is 0 Å². The second-order valence-corrected chi connectivity index (χ2v) is 3.58. The van der Waals surface area contributed by atoms with Crippen LogP contribution in [-0.2, 0) is 0 Å². The lowest BCUT2D eigenvalue weighted by molar-refractivity contribution is 0.397. The fourth-order valence-corrected chi connectivity index (χ4v) is 1.60. The fourth-order valence-electron chi connectivity index (χ4n) is 1.60. The van der Waals surface area contributed by atoms with Crippen LogP contribution in [0, 0.1) is 0 Å². The van der Waals surface area contributed by atoms with Crippen molar-refractivity contribution in [2.45, 2.75) is 0 Å². The number of methoxy groups -OCH3 is 1. The second-order valence-electron chi connectivity index (χ2n) is 3.58. The number of pyridine rings is 2. The lowest BCUT2D eigenvalue weighted by Crippen LogP contribution is -2.02. The molecule has 0 atom stereocenters. The maximum atomic E-state index is 11.6. The maximum absolute atomic E-state index is 11.6. The van der Waals surface area contributed by atoms with Gasteiger partial charge in [0.2, 0.25) is 11.3 Å². The van der Waals surface area contributed by atoms with Gasteiger partial charge < -0.3 is 9.72 Å². The molecule has 0 saturated carbocycles. The van der Waals surface area contributed by atoms with Crippen LogP contribution in [0.25, 0.3) is 16.9 Å². The third-order valence-corrected chi connectivity index (χ3v) is 2.46. The average Bonchev–Trinajstić information content (AvgIpc) is 2.84. The molecule has 3 heterocycles. The first-order valence-electron chi connectivity index (χ1n) is 5.23. The molecule has 0 aliphatic rings. The summed E-state index contributed by atoms with van der Waals surface area (Å²) < 4.78 is 5.02. The molecule has 3 aromatic rings. The summed E-state index contributed by atoms with van der Waals surface area (Å²) in [7, 11) is 1.53. The Morgan fingerprint density at radius 2 is 2.22 bits per heavy atom. The zero-order valence-electron chi connectivity index (χ0n) is 9.49. The van der Waals surface area contributed by atoms with E-state index in [9.17, 15) is 4.79 Å². The van der Waals surface area contributed by atoms with Crippen LogP contribution < -0.4 is 10.2 Å². The largest absolute Gasteiger partial charge is 0.481 e. The molecule has 1 N–H and O–H groups in total. The first-order chi connectivity index (χ1) is 8.78. The highest BCUT2D eigenvalue weighted by molar-refractivity contribution is 5.68. The Hall–Kier alpha value is -2.70. The van der Waals surface area contributed by atoms with Gasteiger partial charge in [0.05, 0.1) is 12.8 Å². The predicted molar refractivity (Wildman–Crippen MR) is 63.8 cm³/mol. The standard InChI is InChI=1S/C11H9N5O2/c1-18-9-6-7(2-4-12-9)16-14-10-8(17)3-5-13-11(10)15-16/h2-6H,1H3,(H,13,15). The molecular formula is C11H9N5O2. The first-order valence-corrected chi connectivity index (χ1v) is 5.23. The van der Waals surface area contributed by atoms with Crippen molar-refractivity contribution in [2.24, 2.45) is 0 Å². The molecule has 0 aromatic carbocycles. The van der Waals surface area contributed by atoms with Crippen molar-refractivity contribution >= 4 is 11.2 Å². The van der Waals surface area contributed by atoms with Gasteiger partial charge in [-0.05, 0) is 6.07 Å². The minimum atomic E-state index is -0.170. The normalized spacial score (nSPS) is 10.7. The molecule has 0 bridgehead atoms. The number of ether oxygens (including phenoxy) is 1. The molecule has 3 aromatic heterocycles. The molecule has 0 amide bonds. The van der Waals surface area contributed by atoms with E-state index in [1.165, 1.54) is 24.2 Å². The second kappa shape index (κ2) is 3.95. The third-order valence-electron chi connectivity index (χ3n) is 2.46. The summed E-state index contributed by atoms with van der Waals surface area (Å²) in [5.74, 6) is 0.459. The fraction of sp³-hybridized carbons (Fsp3) is 0.0909. The Morgan fingerprint density at radius 1 is 1.33 bits per heavy atom. The topological polar surface area (TPSA) is 85.7 Å². The minimum Gasteiger partial charge on any atom is -0.481 e. The summed E-state index contributed by atoms with van der Waals surface area (Å²) in [6.45, 7) is 0. The lowest BCUT2D eigenvalue weighted by Gasteiger charge is -2.01. The van der Waals surface area contributed by atoms with Crippen molar-refractivity contribution in [3.8, 4) is 11.6 Å². The number of aromatic nitrogens is 5.